The van der Waals surface area contributed by atoms with Gasteiger partial charge in [-0.1, -0.05) is 6.07 Å². The van der Waals surface area contributed by atoms with Crippen LogP contribution in [0.1, 0.15) is 10.4 Å². The van der Waals surface area contributed by atoms with Crippen molar-refractivity contribution in [3.05, 3.63) is 46.6 Å². The van der Waals surface area contributed by atoms with Gasteiger partial charge in [0, 0.05) is 11.8 Å². The van der Waals surface area contributed by atoms with Gasteiger partial charge in [-0.05, 0) is 40.2 Å². The summed E-state index contributed by atoms with van der Waals surface area (Å²) < 4.78 is 23.5. The van der Waals surface area contributed by atoms with Gasteiger partial charge in [0.1, 0.15) is 5.82 Å². The first-order valence-electron chi connectivity index (χ1n) is 5.80. The molecule has 2 rings (SSSR count). The number of pyridine rings is 1. The summed E-state index contributed by atoms with van der Waals surface area (Å²) in [6, 6.07) is 7.39. The van der Waals surface area contributed by atoms with E-state index in [9.17, 15) is 13.2 Å². The predicted molar refractivity (Wildman–Crippen MR) is 83.9 cm³/mol. The number of halogens is 1. The van der Waals surface area contributed by atoms with Crippen molar-refractivity contribution in [2.24, 2.45) is 0 Å². The number of nitrogen functional groups attached to an aromatic ring is 1. The summed E-state index contributed by atoms with van der Waals surface area (Å²) in [5.74, 6) is -0.155. The molecule has 0 aliphatic heterocycles. The first-order valence-corrected chi connectivity index (χ1v) is 8.48. The molecule has 0 atom stereocenters. The molecule has 0 unspecified atom stereocenters. The molecule has 21 heavy (non-hydrogen) atoms. The van der Waals surface area contributed by atoms with Gasteiger partial charge in [0.25, 0.3) is 5.91 Å². The zero-order valence-corrected chi connectivity index (χ0v) is 13.4. The van der Waals surface area contributed by atoms with Crippen LogP contribution >= 0.6 is 15.9 Å². The van der Waals surface area contributed by atoms with Crippen molar-refractivity contribution in [2.45, 2.75) is 4.90 Å². The molecule has 1 aromatic heterocycles. The number of nitrogens with two attached hydrogens (primary N) is 1. The summed E-state index contributed by atoms with van der Waals surface area (Å²) >= 11 is 3.24. The number of carbonyl (C=O) groups excluding carboxylic acids is 1. The fraction of sp³-hybridized carbons (Fsp3) is 0.0769. The van der Waals surface area contributed by atoms with E-state index in [0.29, 0.717) is 16.0 Å². The van der Waals surface area contributed by atoms with Crippen LogP contribution in [-0.2, 0) is 9.84 Å². The van der Waals surface area contributed by atoms with E-state index in [1.54, 1.807) is 6.07 Å². The van der Waals surface area contributed by atoms with Gasteiger partial charge in [0.15, 0.2) is 9.84 Å². The van der Waals surface area contributed by atoms with Gasteiger partial charge in [-0.3, -0.25) is 4.79 Å². The molecule has 0 aliphatic rings. The zero-order valence-electron chi connectivity index (χ0n) is 11.0. The summed E-state index contributed by atoms with van der Waals surface area (Å²) in [6.07, 6.45) is 2.50. The molecule has 3 N–H and O–H groups in total. The highest BCUT2D eigenvalue weighted by atomic mass is 79.9. The highest BCUT2D eigenvalue weighted by Crippen LogP contribution is 2.22. The van der Waals surface area contributed by atoms with Gasteiger partial charge in [-0.15, -0.1) is 0 Å². The van der Waals surface area contributed by atoms with E-state index in [2.05, 4.69) is 26.2 Å². The number of amides is 1. The van der Waals surface area contributed by atoms with Crippen LogP contribution in [0, 0.1) is 0 Å². The second-order valence-corrected chi connectivity index (χ2v) is 7.22. The van der Waals surface area contributed by atoms with Crippen LogP contribution in [0.5, 0.6) is 0 Å². The minimum absolute atomic E-state index is 0.0829. The van der Waals surface area contributed by atoms with Gasteiger partial charge in [-0.2, -0.15) is 0 Å². The monoisotopic (exact) mass is 369 g/mol. The Bertz CT molecular complexity index is 806. The average molecular weight is 370 g/mol. The van der Waals surface area contributed by atoms with Crippen LogP contribution in [0.4, 0.5) is 11.5 Å². The molecule has 2 aromatic rings. The molecule has 1 aromatic carbocycles. The summed E-state index contributed by atoms with van der Waals surface area (Å²) in [5, 5.41) is 2.59. The molecule has 0 spiro atoms. The minimum atomic E-state index is -3.37. The molecule has 1 heterocycles. The molecular formula is C13H12BrN3O3S. The number of carbonyl (C=O) groups is 1. The molecule has 0 saturated carbocycles. The van der Waals surface area contributed by atoms with Gasteiger partial charge in [-0.25, -0.2) is 13.4 Å². The Hall–Kier alpha value is -1.93. The molecule has 1 amide bonds. The zero-order chi connectivity index (χ0) is 15.6. The molecule has 110 valence electrons. The van der Waals surface area contributed by atoms with Crippen LogP contribution in [0.2, 0.25) is 0 Å². The molecule has 6 nitrogen and oxygen atoms in total. The smallest absolute Gasteiger partial charge is 0.256 e. The number of hydrogen-bond donors (Lipinski definition) is 2. The van der Waals surface area contributed by atoms with Crippen molar-refractivity contribution in [3.63, 3.8) is 0 Å². The molecule has 0 bridgehead atoms. The molecule has 8 heteroatoms. The molecular weight excluding hydrogens is 358 g/mol. The van der Waals surface area contributed by atoms with Crippen molar-refractivity contribution in [1.29, 1.82) is 0 Å². The SMILES string of the molecule is CS(=O)(=O)c1cccc(C(=O)Nc2ncc(N)cc2Br)c1. The first-order chi connectivity index (χ1) is 9.77. The van der Waals surface area contributed by atoms with E-state index in [4.69, 9.17) is 5.73 Å². The third-order valence-corrected chi connectivity index (χ3v) is 4.33. The fourth-order valence-electron chi connectivity index (χ4n) is 1.59. The molecule has 0 saturated heterocycles. The van der Waals surface area contributed by atoms with Gasteiger partial charge in [0.2, 0.25) is 0 Å². The second kappa shape index (κ2) is 5.82. The van der Waals surface area contributed by atoms with Crippen molar-refractivity contribution < 1.29 is 13.2 Å². The third-order valence-electron chi connectivity index (χ3n) is 2.62. The van der Waals surface area contributed by atoms with Gasteiger partial charge < -0.3 is 11.1 Å². The fourth-order valence-corrected chi connectivity index (χ4v) is 2.73. The Morgan fingerprint density at radius 3 is 2.67 bits per heavy atom. The maximum Gasteiger partial charge on any atom is 0.256 e. The van der Waals surface area contributed by atoms with E-state index < -0.39 is 15.7 Å². The maximum atomic E-state index is 12.1. The van der Waals surface area contributed by atoms with Crippen molar-refractivity contribution in [2.75, 3.05) is 17.3 Å². The second-order valence-electron chi connectivity index (χ2n) is 4.35. The van der Waals surface area contributed by atoms with Gasteiger partial charge in [0.05, 0.1) is 21.3 Å². The number of rotatable bonds is 3. The normalized spacial score (nSPS) is 11.1. The summed E-state index contributed by atoms with van der Waals surface area (Å²) in [7, 11) is -3.37. The number of benzene rings is 1. The lowest BCUT2D eigenvalue weighted by molar-refractivity contribution is 0.102. The summed E-state index contributed by atoms with van der Waals surface area (Å²) in [5.41, 5.74) is 6.25. The third kappa shape index (κ3) is 3.79. The highest BCUT2D eigenvalue weighted by molar-refractivity contribution is 9.10. The Morgan fingerprint density at radius 1 is 1.33 bits per heavy atom. The number of nitrogens with zero attached hydrogens (tertiary/aromatic N) is 1. The number of anilines is 2. The Balaban J connectivity index is 2.29. The predicted octanol–water partition coefficient (Wildman–Crippen LogP) is 2.08. The molecule has 0 aliphatic carbocycles. The quantitative estimate of drug-likeness (QED) is 0.861. The Labute approximate surface area is 130 Å². The lowest BCUT2D eigenvalue weighted by Crippen LogP contribution is -2.14. The largest absolute Gasteiger partial charge is 0.397 e. The van der Waals surface area contributed by atoms with Crippen molar-refractivity contribution in [1.82, 2.24) is 4.98 Å². The summed E-state index contributed by atoms with van der Waals surface area (Å²) in [6.45, 7) is 0. The maximum absolute atomic E-state index is 12.1. The lowest BCUT2D eigenvalue weighted by Gasteiger charge is -2.08. The van der Waals surface area contributed by atoms with Gasteiger partial charge >= 0.3 is 0 Å². The topological polar surface area (TPSA) is 102 Å². The van der Waals surface area contributed by atoms with Crippen LogP contribution < -0.4 is 11.1 Å². The van der Waals surface area contributed by atoms with E-state index in [1.807, 2.05) is 0 Å². The van der Waals surface area contributed by atoms with Crippen LogP contribution in [0.15, 0.2) is 45.9 Å². The van der Waals surface area contributed by atoms with Crippen LogP contribution in [-0.4, -0.2) is 25.6 Å². The van der Waals surface area contributed by atoms with Crippen molar-refractivity contribution in [3.8, 4) is 0 Å². The Morgan fingerprint density at radius 2 is 2.05 bits per heavy atom. The highest BCUT2D eigenvalue weighted by Gasteiger charge is 2.13. The number of aromatic nitrogens is 1. The van der Waals surface area contributed by atoms with Crippen LogP contribution in [0.25, 0.3) is 0 Å². The number of sulfone groups is 1. The number of nitrogens with one attached hydrogen (secondary N) is 1. The minimum Gasteiger partial charge on any atom is -0.397 e. The van der Waals surface area contributed by atoms with Crippen molar-refractivity contribution >= 4 is 43.2 Å². The number of hydrogen-bond acceptors (Lipinski definition) is 5. The summed E-state index contributed by atoms with van der Waals surface area (Å²) in [4.78, 5) is 16.2. The van der Waals surface area contributed by atoms with E-state index in [-0.39, 0.29) is 10.5 Å². The van der Waals surface area contributed by atoms with E-state index in [1.165, 1.54) is 30.5 Å². The van der Waals surface area contributed by atoms with Crippen LogP contribution in [0.3, 0.4) is 0 Å². The first kappa shape index (κ1) is 15.5. The molecule has 0 fully saturated rings. The lowest BCUT2D eigenvalue weighted by atomic mass is 10.2. The van der Waals surface area contributed by atoms with E-state index in [0.717, 1.165) is 6.26 Å². The molecule has 0 radical (unpaired) electrons. The average Bonchev–Trinajstić information content (AvgIpc) is 2.41. The van der Waals surface area contributed by atoms with E-state index >= 15 is 0 Å². The Kier molecular flexibility index (Phi) is 4.29. The standard InChI is InChI=1S/C13H12BrN3O3S/c1-21(19,20)10-4-2-3-8(5-10)13(18)17-12-11(14)6-9(15)7-16-12/h2-7H,15H2,1H3,(H,16,17,18).